The molecule has 0 aliphatic heterocycles. The van der Waals surface area contributed by atoms with Crippen LogP contribution in [0.2, 0.25) is 0 Å². The lowest BCUT2D eigenvalue weighted by molar-refractivity contribution is 0.0935. The van der Waals surface area contributed by atoms with Crippen molar-refractivity contribution in [2.24, 2.45) is 12.1 Å². The molecule has 10 heteroatoms. The summed E-state index contributed by atoms with van der Waals surface area (Å²) in [5.74, 6) is 0.871. The van der Waals surface area contributed by atoms with Gasteiger partial charge in [-0.3, -0.25) is 14.3 Å². The Balaban J connectivity index is 1.61. The number of para-hydroxylation sites is 1. The first kappa shape index (κ1) is 24.7. The van der Waals surface area contributed by atoms with Crippen molar-refractivity contribution < 1.29 is 9.84 Å². The Bertz CT molecular complexity index is 1530. The van der Waals surface area contributed by atoms with Gasteiger partial charge in [-0.25, -0.2) is 10.2 Å². The van der Waals surface area contributed by atoms with Crippen molar-refractivity contribution in [3.8, 4) is 5.75 Å². The molecule has 1 atom stereocenters. The highest BCUT2D eigenvalue weighted by atomic mass is 16.5. The Kier molecular flexibility index (Phi) is 7.45. The number of H-pyrrole nitrogens is 1. The van der Waals surface area contributed by atoms with Crippen LogP contribution < -0.4 is 21.4 Å². The fourth-order valence-corrected chi connectivity index (χ4v) is 3.62. The standard InChI is InChI=1S/C26H28N6O4/c1-17-9-7-8-12-21(17)36-16-20(33)15-32-22-23(31(3)26(35)28-24(22)34)27-25(32)30-29-18(2)13-14-19-10-5-4-6-11-19/h4-14,20,33H,15-16H2,1-3H3,(H,27,30)(H,28,34,35)/b14-13+,29-18+. The number of anilines is 1. The summed E-state index contributed by atoms with van der Waals surface area (Å²) >= 11 is 0. The van der Waals surface area contributed by atoms with Crippen LogP contribution in [0.5, 0.6) is 5.75 Å². The van der Waals surface area contributed by atoms with Crippen LogP contribution >= 0.6 is 0 Å². The normalized spacial score (nSPS) is 12.8. The molecule has 0 aliphatic rings. The summed E-state index contributed by atoms with van der Waals surface area (Å²) in [4.78, 5) is 31.5. The van der Waals surface area contributed by atoms with Crippen molar-refractivity contribution in [2.75, 3.05) is 12.0 Å². The molecule has 186 valence electrons. The molecule has 4 rings (SSSR count). The maximum Gasteiger partial charge on any atom is 0.329 e. The molecular formula is C26H28N6O4. The van der Waals surface area contributed by atoms with Crippen LogP contribution in [-0.2, 0) is 13.6 Å². The van der Waals surface area contributed by atoms with E-state index in [4.69, 9.17) is 4.74 Å². The van der Waals surface area contributed by atoms with E-state index in [1.165, 1.54) is 16.2 Å². The predicted molar refractivity (Wildman–Crippen MR) is 140 cm³/mol. The molecule has 0 aliphatic carbocycles. The zero-order chi connectivity index (χ0) is 25.7. The number of hydrogen-bond donors (Lipinski definition) is 3. The van der Waals surface area contributed by atoms with Gasteiger partial charge in [-0.15, -0.1) is 0 Å². The van der Waals surface area contributed by atoms with Crippen molar-refractivity contribution >= 4 is 28.9 Å². The van der Waals surface area contributed by atoms with Crippen molar-refractivity contribution in [3.63, 3.8) is 0 Å². The third-order valence-electron chi connectivity index (χ3n) is 5.57. The Labute approximate surface area is 207 Å². The number of allylic oxidation sites excluding steroid dienone is 1. The number of nitrogens with one attached hydrogen (secondary N) is 2. The van der Waals surface area contributed by atoms with E-state index >= 15 is 0 Å². The fraction of sp³-hybridized carbons (Fsp3) is 0.231. The summed E-state index contributed by atoms with van der Waals surface area (Å²) in [6.45, 7) is 3.71. The number of aromatic nitrogens is 4. The number of nitrogens with zero attached hydrogens (tertiary/aromatic N) is 4. The molecule has 2 aromatic carbocycles. The molecule has 0 radical (unpaired) electrons. The van der Waals surface area contributed by atoms with Gasteiger partial charge in [0.05, 0.1) is 12.3 Å². The molecule has 3 N–H and O–H groups in total. The number of benzene rings is 2. The predicted octanol–water partition coefficient (Wildman–Crippen LogP) is 2.67. The Morgan fingerprint density at radius 1 is 1.19 bits per heavy atom. The molecule has 0 bridgehead atoms. The second-order valence-corrected chi connectivity index (χ2v) is 8.38. The first-order chi connectivity index (χ1) is 17.3. The number of aliphatic hydroxyl groups excluding tert-OH is 1. The summed E-state index contributed by atoms with van der Waals surface area (Å²) in [5, 5.41) is 15.1. The molecule has 1 unspecified atom stereocenters. The van der Waals surface area contributed by atoms with Gasteiger partial charge in [0, 0.05) is 7.05 Å². The van der Waals surface area contributed by atoms with Gasteiger partial charge in [0.1, 0.15) is 18.5 Å². The average Bonchev–Trinajstić information content (AvgIpc) is 3.23. The molecule has 0 amide bonds. The van der Waals surface area contributed by atoms with E-state index in [1.807, 2.05) is 80.6 Å². The molecule has 0 saturated heterocycles. The molecule has 2 heterocycles. The highest BCUT2D eigenvalue weighted by Crippen LogP contribution is 2.19. The molecule has 2 aromatic heterocycles. The van der Waals surface area contributed by atoms with E-state index in [9.17, 15) is 14.7 Å². The number of imidazole rings is 1. The molecule has 36 heavy (non-hydrogen) atoms. The van der Waals surface area contributed by atoms with Gasteiger partial charge in [0.15, 0.2) is 11.2 Å². The highest BCUT2D eigenvalue weighted by molar-refractivity contribution is 5.96. The number of aliphatic hydroxyl groups is 1. The van der Waals surface area contributed by atoms with Crippen LogP contribution in [0.4, 0.5) is 5.95 Å². The topological polar surface area (TPSA) is 127 Å². The summed E-state index contributed by atoms with van der Waals surface area (Å²) in [6.07, 6.45) is 2.79. The van der Waals surface area contributed by atoms with Crippen LogP contribution in [0.25, 0.3) is 17.2 Å². The van der Waals surface area contributed by atoms with Gasteiger partial charge < -0.3 is 14.4 Å². The number of ether oxygens (including phenoxy) is 1. The van der Waals surface area contributed by atoms with Gasteiger partial charge in [-0.05, 0) is 37.1 Å². The van der Waals surface area contributed by atoms with Gasteiger partial charge in [-0.2, -0.15) is 10.1 Å². The largest absolute Gasteiger partial charge is 0.491 e. The third-order valence-corrected chi connectivity index (χ3v) is 5.57. The van der Waals surface area contributed by atoms with Crippen LogP contribution in [0.1, 0.15) is 18.1 Å². The number of rotatable bonds is 9. The van der Waals surface area contributed by atoms with Crippen molar-refractivity contribution in [3.05, 3.63) is 92.6 Å². The van der Waals surface area contributed by atoms with Gasteiger partial charge in [0.25, 0.3) is 5.56 Å². The number of fused-ring (bicyclic) bond motifs is 1. The van der Waals surface area contributed by atoms with Gasteiger partial charge >= 0.3 is 5.69 Å². The fourth-order valence-electron chi connectivity index (χ4n) is 3.62. The van der Waals surface area contributed by atoms with Gasteiger partial charge in [0.2, 0.25) is 5.95 Å². The van der Waals surface area contributed by atoms with Crippen molar-refractivity contribution in [1.82, 2.24) is 19.1 Å². The minimum Gasteiger partial charge on any atom is -0.491 e. The van der Waals surface area contributed by atoms with E-state index in [1.54, 1.807) is 0 Å². The maximum absolute atomic E-state index is 12.7. The minimum absolute atomic E-state index is 0.00422. The molecule has 10 nitrogen and oxygen atoms in total. The van der Waals surface area contributed by atoms with Crippen molar-refractivity contribution in [1.29, 1.82) is 0 Å². The van der Waals surface area contributed by atoms with Crippen LogP contribution in [0.3, 0.4) is 0 Å². The monoisotopic (exact) mass is 488 g/mol. The summed E-state index contributed by atoms with van der Waals surface area (Å²) in [7, 11) is 1.51. The number of aryl methyl sites for hydroxylation is 2. The third kappa shape index (κ3) is 5.61. The molecule has 0 saturated carbocycles. The van der Waals surface area contributed by atoms with Crippen LogP contribution in [-0.4, -0.2) is 42.6 Å². The summed E-state index contributed by atoms with van der Waals surface area (Å²) in [5.41, 5.74) is 4.62. The number of hydrazone groups is 1. The number of aromatic amines is 1. The molecule has 0 spiro atoms. The zero-order valence-corrected chi connectivity index (χ0v) is 20.3. The first-order valence-electron chi connectivity index (χ1n) is 11.4. The van der Waals surface area contributed by atoms with E-state index < -0.39 is 17.4 Å². The Hall–Kier alpha value is -4.44. The van der Waals surface area contributed by atoms with Crippen LogP contribution in [0.15, 0.2) is 75.4 Å². The minimum atomic E-state index is -0.970. The molecule has 0 fully saturated rings. The van der Waals surface area contributed by atoms with E-state index in [2.05, 4.69) is 20.5 Å². The lowest BCUT2D eigenvalue weighted by Gasteiger charge is -2.16. The highest BCUT2D eigenvalue weighted by Gasteiger charge is 2.20. The van der Waals surface area contributed by atoms with Crippen molar-refractivity contribution in [2.45, 2.75) is 26.5 Å². The quantitative estimate of drug-likeness (QED) is 0.246. The summed E-state index contributed by atoms with van der Waals surface area (Å²) in [6, 6.07) is 17.3. The first-order valence-corrected chi connectivity index (χ1v) is 11.4. The zero-order valence-electron chi connectivity index (χ0n) is 20.3. The molecular weight excluding hydrogens is 460 g/mol. The second kappa shape index (κ2) is 10.9. The SMILES string of the molecule is CC(/C=C/c1ccccc1)=N\Nc1nc2c(c(=O)[nH]c(=O)n2C)n1CC(O)COc1ccccc1C. The Morgan fingerprint density at radius 2 is 1.92 bits per heavy atom. The van der Waals surface area contributed by atoms with Crippen LogP contribution in [0, 0.1) is 6.92 Å². The van der Waals surface area contributed by atoms with E-state index in [-0.39, 0.29) is 30.3 Å². The summed E-state index contributed by atoms with van der Waals surface area (Å²) < 4.78 is 8.50. The smallest absolute Gasteiger partial charge is 0.329 e. The lowest BCUT2D eigenvalue weighted by Crippen LogP contribution is -2.30. The molecule has 4 aromatic rings. The Morgan fingerprint density at radius 3 is 2.67 bits per heavy atom. The number of hydrogen-bond acceptors (Lipinski definition) is 7. The average molecular weight is 489 g/mol. The van der Waals surface area contributed by atoms with E-state index in [0.717, 1.165) is 11.1 Å². The van der Waals surface area contributed by atoms with Gasteiger partial charge in [-0.1, -0.05) is 54.6 Å². The van der Waals surface area contributed by atoms with E-state index in [0.29, 0.717) is 11.5 Å². The lowest BCUT2D eigenvalue weighted by atomic mass is 10.2. The second-order valence-electron chi connectivity index (χ2n) is 8.38. The maximum atomic E-state index is 12.7.